The molecule has 1 aliphatic rings. The molecule has 0 bridgehead atoms. The van der Waals surface area contributed by atoms with Crippen LogP contribution in [0.15, 0.2) is 0 Å². The fraction of sp³-hybridized carbons (Fsp3) is 0.900. The molecule has 4 nitrogen and oxygen atoms in total. The second-order valence-electron chi connectivity index (χ2n) is 5.38. The largest absolute Gasteiger partial charge is 0.550 e. The van der Waals surface area contributed by atoms with Gasteiger partial charge in [0.05, 0.1) is 21.1 Å². The summed E-state index contributed by atoms with van der Waals surface area (Å²) in [6.45, 7) is 0.464. The van der Waals surface area contributed by atoms with Crippen LogP contribution >= 0.6 is 0 Å². The number of carboxylic acid groups (broad SMARTS) is 1. The van der Waals surface area contributed by atoms with Gasteiger partial charge in [-0.1, -0.05) is 0 Å². The molecule has 4 heteroatoms. The number of aliphatic carboxylic acids is 1. The van der Waals surface area contributed by atoms with Crippen molar-refractivity contribution in [2.45, 2.75) is 24.9 Å². The highest BCUT2D eigenvalue weighted by molar-refractivity contribution is 5.65. The Morgan fingerprint density at radius 1 is 1.50 bits per heavy atom. The summed E-state index contributed by atoms with van der Waals surface area (Å²) in [6.07, 6.45) is 1.63. The average molecular weight is 201 g/mol. The summed E-state index contributed by atoms with van der Waals surface area (Å²) >= 11 is 0. The maximum Gasteiger partial charge on any atom is 0.121 e. The predicted molar refractivity (Wildman–Crippen MR) is 50.2 cm³/mol. The SMILES string of the molecule is C[N+](C)(C)CC(O)(CC(=O)[O-])C1CC1. The number of carbonyl (C=O) groups excluding carboxylic acids is 1. The van der Waals surface area contributed by atoms with E-state index in [2.05, 4.69) is 0 Å². The summed E-state index contributed by atoms with van der Waals surface area (Å²) in [6, 6.07) is 0. The van der Waals surface area contributed by atoms with Gasteiger partial charge in [0.25, 0.3) is 0 Å². The molecule has 1 aliphatic carbocycles. The minimum absolute atomic E-state index is 0.151. The lowest BCUT2D eigenvalue weighted by atomic mass is 9.92. The molecule has 1 saturated carbocycles. The van der Waals surface area contributed by atoms with E-state index in [0.717, 1.165) is 12.8 Å². The van der Waals surface area contributed by atoms with Gasteiger partial charge in [-0.05, 0) is 18.8 Å². The standard InChI is InChI=1S/C10H19NO3/c1-11(2,3)7-10(14,6-9(12)13)8-4-5-8/h8,14H,4-7H2,1-3H3. The molecule has 0 radical (unpaired) electrons. The Bertz CT molecular complexity index is 230. The zero-order valence-corrected chi connectivity index (χ0v) is 9.12. The third-order valence-electron chi connectivity index (χ3n) is 2.54. The van der Waals surface area contributed by atoms with Crippen molar-refractivity contribution in [2.24, 2.45) is 5.92 Å². The summed E-state index contributed by atoms with van der Waals surface area (Å²) in [5.41, 5.74) is -1.07. The van der Waals surface area contributed by atoms with Gasteiger partial charge in [0.2, 0.25) is 0 Å². The maximum atomic E-state index is 10.6. The zero-order valence-electron chi connectivity index (χ0n) is 9.12. The fourth-order valence-electron chi connectivity index (χ4n) is 2.02. The van der Waals surface area contributed by atoms with Crippen molar-refractivity contribution in [3.05, 3.63) is 0 Å². The molecule has 0 aromatic heterocycles. The van der Waals surface area contributed by atoms with Gasteiger partial charge in [-0.25, -0.2) is 0 Å². The molecule has 0 aliphatic heterocycles. The molecular formula is C10H19NO3. The minimum atomic E-state index is -1.16. The summed E-state index contributed by atoms with van der Waals surface area (Å²) in [5, 5.41) is 20.8. The number of hydrogen-bond acceptors (Lipinski definition) is 3. The van der Waals surface area contributed by atoms with Crippen LogP contribution in [0, 0.1) is 5.92 Å². The number of hydrogen-bond donors (Lipinski definition) is 1. The van der Waals surface area contributed by atoms with Crippen molar-refractivity contribution in [3.63, 3.8) is 0 Å². The van der Waals surface area contributed by atoms with Crippen molar-refractivity contribution >= 4 is 5.97 Å². The summed E-state index contributed by atoms with van der Waals surface area (Å²) in [7, 11) is 5.84. The predicted octanol–water partition coefficient (Wildman–Crippen LogP) is -1.03. The maximum absolute atomic E-state index is 10.6. The van der Waals surface area contributed by atoms with Crippen molar-refractivity contribution < 1.29 is 19.5 Å². The highest BCUT2D eigenvalue weighted by atomic mass is 16.4. The quantitative estimate of drug-likeness (QED) is 0.579. The van der Waals surface area contributed by atoms with Gasteiger partial charge < -0.3 is 19.5 Å². The highest BCUT2D eigenvalue weighted by Gasteiger charge is 2.47. The molecular weight excluding hydrogens is 182 g/mol. The van der Waals surface area contributed by atoms with Gasteiger partial charge in [-0.2, -0.15) is 0 Å². The van der Waals surface area contributed by atoms with Crippen molar-refractivity contribution in [1.29, 1.82) is 0 Å². The Balaban J connectivity index is 2.66. The summed E-state index contributed by atoms with van der Waals surface area (Å²) < 4.78 is 0.570. The number of rotatable bonds is 5. The van der Waals surface area contributed by atoms with Crippen LogP contribution in [-0.2, 0) is 4.79 Å². The lowest BCUT2D eigenvalue weighted by Gasteiger charge is -2.36. The lowest BCUT2D eigenvalue weighted by molar-refractivity contribution is -0.877. The third-order valence-corrected chi connectivity index (χ3v) is 2.54. The monoisotopic (exact) mass is 201 g/mol. The van der Waals surface area contributed by atoms with E-state index in [1.54, 1.807) is 0 Å². The van der Waals surface area contributed by atoms with Gasteiger partial charge in [-0.15, -0.1) is 0 Å². The molecule has 82 valence electrons. The van der Waals surface area contributed by atoms with E-state index >= 15 is 0 Å². The van der Waals surface area contributed by atoms with E-state index in [1.165, 1.54) is 0 Å². The normalized spacial score (nSPS) is 21.7. The van der Waals surface area contributed by atoms with Crippen molar-refractivity contribution in [1.82, 2.24) is 0 Å². The van der Waals surface area contributed by atoms with Gasteiger partial charge >= 0.3 is 0 Å². The van der Waals surface area contributed by atoms with Crippen LogP contribution in [0.5, 0.6) is 0 Å². The molecule has 0 amide bonds. The summed E-state index contributed by atoms with van der Waals surface area (Å²) in [4.78, 5) is 10.6. The molecule has 0 heterocycles. The van der Waals surface area contributed by atoms with Gasteiger partial charge in [0.1, 0.15) is 12.1 Å². The van der Waals surface area contributed by atoms with Gasteiger partial charge in [-0.3, -0.25) is 0 Å². The van der Waals surface area contributed by atoms with Crippen LogP contribution in [0.2, 0.25) is 0 Å². The van der Waals surface area contributed by atoms with E-state index in [0.29, 0.717) is 11.0 Å². The van der Waals surface area contributed by atoms with Crippen LogP contribution < -0.4 is 5.11 Å². The molecule has 1 fully saturated rings. The number of carbonyl (C=O) groups is 1. The van der Waals surface area contributed by atoms with E-state index in [-0.39, 0.29) is 12.3 Å². The number of quaternary nitrogens is 1. The highest BCUT2D eigenvalue weighted by Crippen LogP contribution is 2.42. The van der Waals surface area contributed by atoms with Crippen LogP contribution in [0.4, 0.5) is 0 Å². The Labute approximate surface area is 84.7 Å². The van der Waals surface area contributed by atoms with E-state index in [4.69, 9.17) is 0 Å². The first-order chi connectivity index (χ1) is 6.23. The molecule has 1 N–H and O–H groups in total. The Kier molecular flexibility index (Phi) is 2.88. The third kappa shape index (κ3) is 3.27. The number of carboxylic acids is 1. The van der Waals surface area contributed by atoms with Crippen LogP contribution in [-0.4, -0.2) is 48.8 Å². The molecule has 0 aromatic rings. The van der Waals surface area contributed by atoms with E-state index in [1.807, 2.05) is 21.1 Å². The first kappa shape index (κ1) is 11.5. The topological polar surface area (TPSA) is 60.4 Å². The van der Waals surface area contributed by atoms with Gasteiger partial charge in [0.15, 0.2) is 0 Å². The number of likely N-dealkylation sites (N-methyl/N-ethyl adjacent to an activating group) is 1. The first-order valence-electron chi connectivity index (χ1n) is 4.96. The van der Waals surface area contributed by atoms with Crippen LogP contribution in [0.1, 0.15) is 19.3 Å². The van der Waals surface area contributed by atoms with E-state index < -0.39 is 11.6 Å². The smallest absolute Gasteiger partial charge is 0.121 e. The van der Waals surface area contributed by atoms with Crippen molar-refractivity contribution in [3.8, 4) is 0 Å². The zero-order chi connectivity index (χ0) is 11.0. The Morgan fingerprint density at radius 3 is 2.29 bits per heavy atom. The van der Waals surface area contributed by atoms with Crippen LogP contribution in [0.25, 0.3) is 0 Å². The minimum Gasteiger partial charge on any atom is -0.550 e. The molecule has 1 rings (SSSR count). The lowest BCUT2D eigenvalue weighted by Crippen LogP contribution is -2.53. The van der Waals surface area contributed by atoms with Crippen molar-refractivity contribution in [2.75, 3.05) is 27.7 Å². The summed E-state index contributed by atoms with van der Waals surface area (Å²) in [5.74, 6) is -1.01. The second-order valence-corrected chi connectivity index (χ2v) is 5.38. The Hall–Kier alpha value is -0.610. The average Bonchev–Trinajstić information content (AvgIpc) is 2.57. The number of nitrogens with zero attached hydrogens (tertiary/aromatic N) is 1. The molecule has 0 aromatic carbocycles. The molecule has 0 saturated heterocycles. The fourth-order valence-corrected chi connectivity index (χ4v) is 2.02. The first-order valence-corrected chi connectivity index (χ1v) is 4.96. The van der Waals surface area contributed by atoms with Gasteiger partial charge in [0, 0.05) is 12.4 Å². The molecule has 0 spiro atoms. The molecule has 1 unspecified atom stereocenters. The Morgan fingerprint density at radius 2 is 2.00 bits per heavy atom. The molecule has 14 heavy (non-hydrogen) atoms. The second kappa shape index (κ2) is 3.51. The molecule has 1 atom stereocenters. The number of aliphatic hydroxyl groups is 1. The van der Waals surface area contributed by atoms with Crippen LogP contribution in [0.3, 0.4) is 0 Å². The van der Waals surface area contributed by atoms with E-state index in [9.17, 15) is 15.0 Å².